The van der Waals surface area contributed by atoms with Gasteiger partial charge in [0.2, 0.25) is 0 Å². The Kier molecular flexibility index (Phi) is 3.14. The zero-order valence-corrected chi connectivity index (χ0v) is 9.70. The minimum Gasteiger partial charge on any atom is -0.323 e. The summed E-state index contributed by atoms with van der Waals surface area (Å²) in [5.41, 5.74) is 0. The van der Waals surface area contributed by atoms with E-state index < -0.39 is 0 Å². The molecule has 0 aromatic heterocycles. The van der Waals surface area contributed by atoms with Crippen LogP contribution in [-0.2, 0) is 0 Å². The summed E-state index contributed by atoms with van der Waals surface area (Å²) < 4.78 is 0. The monoisotopic (exact) mass is 211 g/mol. The average molecular weight is 211 g/mol. The fourth-order valence-electron chi connectivity index (χ4n) is 2.62. The lowest BCUT2D eigenvalue weighted by molar-refractivity contribution is 0.184. The maximum absolute atomic E-state index is 12.0. The summed E-state index contributed by atoms with van der Waals surface area (Å²) in [4.78, 5) is 16.0. The van der Waals surface area contributed by atoms with Crippen LogP contribution in [0.3, 0.4) is 0 Å². The van der Waals surface area contributed by atoms with Gasteiger partial charge in [0, 0.05) is 26.2 Å². The highest BCUT2D eigenvalue weighted by Gasteiger charge is 2.38. The Bertz CT molecular complexity index is 238. The largest absolute Gasteiger partial charge is 0.323 e. The van der Waals surface area contributed by atoms with Gasteiger partial charge in [0.1, 0.15) is 0 Å². The topological polar surface area (TPSA) is 35.6 Å². The van der Waals surface area contributed by atoms with Crippen LogP contribution in [0.5, 0.6) is 0 Å². The predicted octanol–water partition coefficient (Wildman–Crippen LogP) is 0.884. The van der Waals surface area contributed by atoms with Gasteiger partial charge < -0.3 is 15.1 Å². The normalized spacial score (nSPS) is 31.7. The first-order chi connectivity index (χ1) is 7.24. The van der Waals surface area contributed by atoms with Gasteiger partial charge in [0.05, 0.1) is 6.04 Å². The van der Waals surface area contributed by atoms with E-state index in [1.807, 2.05) is 11.9 Å². The summed E-state index contributed by atoms with van der Waals surface area (Å²) in [5, 5.41) is 3.32. The summed E-state index contributed by atoms with van der Waals surface area (Å²) in [7, 11) is 1.94. The van der Waals surface area contributed by atoms with Crippen LogP contribution < -0.4 is 5.32 Å². The predicted molar refractivity (Wildman–Crippen MR) is 59.8 cm³/mol. The molecule has 86 valence electrons. The Morgan fingerprint density at radius 2 is 2.33 bits per heavy atom. The zero-order chi connectivity index (χ0) is 10.8. The lowest BCUT2D eigenvalue weighted by atomic mass is 10.1. The second-order valence-electron chi connectivity index (χ2n) is 4.63. The molecule has 2 aliphatic heterocycles. The minimum atomic E-state index is 0.224. The van der Waals surface area contributed by atoms with Crippen molar-refractivity contribution in [1.82, 2.24) is 15.1 Å². The Morgan fingerprint density at radius 1 is 1.53 bits per heavy atom. The highest BCUT2D eigenvalue weighted by molar-refractivity contribution is 5.77. The number of carbonyl (C=O) groups is 1. The molecule has 4 heteroatoms. The van der Waals surface area contributed by atoms with E-state index in [-0.39, 0.29) is 6.03 Å². The second kappa shape index (κ2) is 4.39. The van der Waals surface area contributed by atoms with E-state index in [9.17, 15) is 4.79 Å². The molecule has 0 aliphatic carbocycles. The molecule has 0 aromatic rings. The number of carbonyl (C=O) groups excluding carboxylic acids is 1. The third-order valence-corrected chi connectivity index (χ3v) is 3.60. The molecule has 15 heavy (non-hydrogen) atoms. The van der Waals surface area contributed by atoms with Crippen molar-refractivity contribution in [2.24, 2.45) is 0 Å². The van der Waals surface area contributed by atoms with E-state index in [0.29, 0.717) is 12.1 Å². The van der Waals surface area contributed by atoms with E-state index >= 15 is 0 Å². The number of urea groups is 1. The second-order valence-corrected chi connectivity index (χ2v) is 4.63. The minimum absolute atomic E-state index is 0.224. The van der Waals surface area contributed by atoms with Gasteiger partial charge in [-0.1, -0.05) is 13.3 Å². The first kappa shape index (κ1) is 10.7. The van der Waals surface area contributed by atoms with Gasteiger partial charge in [0.15, 0.2) is 0 Å². The van der Waals surface area contributed by atoms with Crippen molar-refractivity contribution in [3.63, 3.8) is 0 Å². The number of rotatable bonds is 3. The number of amides is 2. The van der Waals surface area contributed by atoms with Gasteiger partial charge in [0.25, 0.3) is 0 Å². The number of likely N-dealkylation sites (N-methyl/N-ethyl adjacent to an activating group) is 1. The summed E-state index contributed by atoms with van der Waals surface area (Å²) in [6.45, 7) is 5.13. The smallest absolute Gasteiger partial charge is 0.320 e. The van der Waals surface area contributed by atoms with Crippen LogP contribution in [0.1, 0.15) is 26.2 Å². The van der Waals surface area contributed by atoms with Crippen molar-refractivity contribution in [2.75, 3.05) is 26.7 Å². The van der Waals surface area contributed by atoms with Crippen LogP contribution in [0.25, 0.3) is 0 Å². The van der Waals surface area contributed by atoms with E-state index in [2.05, 4.69) is 17.1 Å². The number of nitrogens with zero attached hydrogens (tertiary/aromatic N) is 2. The first-order valence-electron chi connectivity index (χ1n) is 5.98. The fourth-order valence-corrected chi connectivity index (χ4v) is 2.62. The molecule has 2 atom stereocenters. The highest BCUT2D eigenvalue weighted by Crippen LogP contribution is 2.22. The maximum atomic E-state index is 12.0. The van der Waals surface area contributed by atoms with Gasteiger partial charge in [-0.15, -0.1) is 0 Å². The van der Waals surface area contributed by atoms with Crippen LogP contribution >= 0.6 is 0 Å². The van der Waals surface area contributed by atoms with Crippen molar-refractivity contribution >= 4 is 6.03 Å². The van der Waals surface area contributed by atoms with Gasteiger partial charge in [-0.2, -0.15) is 0 Å². The van der Waals surface area contributed by atoms with Gasteiger partial charge in [-0.25, -0.2) is 4.79 Å². The van der Waals surface area contributed by atoms with E-state index in [1.54, 1.807) is 0 Å². The summed E-state index contributed by atoms with van der Waals surface area (Å²) in [6, 6.07) is 1.09. The summed E-state index contributed by atoms with van der Waals surface area (Å²) in [6.07, 6.45) is 3.39. The molecule has 0 spiro atoms. The quantitative estimate of drug-likeness (QED) is 0.752. The van der Waals surface area contributed by atoms with Crippen LogP contribution in [-0.4, -0.2) is 54.6 Å². The van der Waals surface area contributed by atoms with Crippen molar-refractivity contribution in [3.05, 3.63) is 0 Å². The molecule has 0 saturated carbocycles. The van der Waals surface area contributed by atoms with Crippen molar-refractivity contribution in [1.29, 1.82) is 0 Å². The number of hydrogen-bond donors (Lipinski definition) is 1. The van der Waals surface area contributed by atoms with Gasteiger partial charge in [-0.05, 0) is 19.4 Å². The SMILES string of the molecule is CCCC1CN(C2CCNC2)C(=O)N1C. The Labute approximate surface area is 91.6 Å². The molecule has 0 bridgehead atoms. The molecule has 2 rings (SSSR count). The molecule has 2 amide bonds. The molecule has 4 nitrogen and oxygen atoms in total. The molecule has 0 aromatic carbocycles. The maximum Gasteiger partial charge on any atom is 0.320 e. The molecule has 2 heterocycles. The van der Waals surface area contributed by atoms with Crippen molar-refractivity contribution < 1.29 is 4.79 Å². The van der Waals surface area contributed by atoms with Gasteiger partial charge in [-0.3, -0.25) is 0 Å². The third kappa shape index (κ3) is 1.95. The highest BCUT2D eigenvalue weighted by atomic mass is 16.2. The van der Waals surface area contributed by atoms with E-state index in [1.165, 1.54) is 0 Å². The average Bonchev–Trinajstić information content (AvgIpc) is 2.82. The molecule has 2 unspecified atom stereocenters. The lowest BCUT2D eigenvalue weighted by Crippen LogP contribution is -2.39. The van der Waals surface area contributed by atoms with Crippen LogP contribution in [0, 0.1) is 0 Å². The van der Waals surface area contributed by atoms with Crippen LogP contribution in [0.4, 0.5) is 4.79 Å². The summed E-state index contributed by atoms with van der Waals surface area (Å²) in [5.74, 6) is 0. The molecular weight excluding hydrogens is 190 g/mol. The number of nitrogens with one attached hydrogen (secondary N) is 1. The fraction of sp³-hybridized carbons (Fsp3) is 0.909. The zero-order valence-electron chi connectivity index (χ0n) is 9.70. The molecule has 1 N–H and O–H groups in total. The molecule has 2 aliphatic rings. The van der Waals surface area contributed by atoms with Crippen molar-refractivity contribution in [3.8, 4) is 0 Å². The first-order valence-corrected chi connectivity index (χ1v) is 5.98. The standard InChI is InChI=1S/C11H21N3O/c1-3-4-10-8-14(11(15)13(10)2)9-5-6-12-7-9/h9-10,12H,3-8H2,1-2H3. The van der Waals surface area contributed by atoms with Crippen LogP contribution in [0.15, 0.2) is 0 Å². The molecule has 2 fully saturated rings. The number of hydrogen-bond acceptors (Lipinski definition) is 2. The third-order valence-electron chi connectivity index (χ3n) is 3.60. The van der Waals surface area contributed by atoms with Gasteiger partial charge >= 0.3 is 6.03 Å². The Morgan fingerprint density at radius 3 is 2.93 bits per heavy atom. The Balaban J connectivity index is 1.99. The van der Waals surface area contributed by atoms with Crippen molar-refractivity contribution in [2.45, 2.75) is 38.3 Å². The Hall–Kier alpha value is -0.770. The molecule has 0 radical (unpaired) electrons. The van der Waals surface area contributed by atoms with Crippen LogP contribution in [0.2, 0.25) is 0 Å². The van der Waals surface area contributed by atoms with E-state index in [0.717, 1.165) is 38.9 Å². The summed E-state index contributed by atoms with van der Waals surface area (Å²) >= 11 is 0. The molecule has 2 saturated heterocycles. The lowest BCUT2D eigenvalue weighted by Gasteiger charge is -2.22. The van der Waals surface area contributed by atoms with E-state index in [4.69, 9.17) is 0 Å². The molecular formula is C11H21N3O.